The first kappa shape index (κ1) is 8.28. The predicted molar refractivity (Wildman–Crippen MR) is 42.2 cm³/mol. The summed E-state index contributed by atoms with van der Waals surface area (Å²) in [7, 11) is 1.87. The van der Waals surface area contributed by atoms with Crippen molar-refractivity contribution in [2.24, 2.45) is 5.92 Å². The molecule has 0 saturated carbocycles. The summed E-state index contributed by atoms with van der Waals surface area (Å²) in [4.78, 5) is 0. The van der Waals surface area contributed by atoms with Crippen molar-refractivity contribution in [2.75, 3.05) is 7.05 Å². The smallest absolute Gasteiger partial charge is 0.0261 e. The van der Waals surface area contributed by atoms with Crippen LogP contribution in [-0.4, -0.2) is 7.05 Å². The minimum atomic E-state index is 0.607. The van der Waals surface area contributed by atoms with E-state index in [0.717, 1.165) is 5.70 Å². The molecule has 0 aliphatic rings. The zero-order valence-electron chi connectivity index (χ0n) is 6.44. The number of rotatable bonds is 3. The van der Waals surface area contributed by atoms with Gasteiger partial charge in [0.05, 0.1) is 0 Å². The second-order valence-corrected chi connectivity index (χ2v) is 2.38. The van der Waals surface area contributed by atoms with Gasteiger partial charge in [0.1, 0.15) is 0 Å². The lowest BCUT2D eigenvalue weighted by Crippen LogP contribution is -2.00. The standard InChI is InChI=1S/C8H15N/c1-7(2)5-6-8(3)9-4/h5-7,9H,3H2,1-2,4H3/b6-5-. The Morgan fingerprint density at radius 3 is 2.44 bits per heavy atom. The van der Waals surface area contributed by atoms with Crippen LogP contribution in [0.4, 0.5) is 0 Å². The van der Waals surface area contributed by atoms with Gasteiger partial charge in [-0.25, -0.2) is 0 Å². The highest BCUT2D eigenvalue weighted by Gasteiger charge is 1.83. The molecule has 0 aromatic rings. The van der Waals surface area contributed by atoms with Crippen LogP contribution in [-0.2, 0) is 0 Å². The van der Waals surface area contributed by atoms with Crippen molar-refractivity contribution in [2.45, 2.75) is 13.8 Å². The summed E-state index contributed by atoms with van der Waals surface area (Å²) < 4.78 is 0. The van der Waals surface area contributed by atoms with Crippen molar-refractivity contribution in [3.05, 3.63) is 24.4 Å². The Morgan fingerprint density at radius 1 is 1.56 bits per heavy atom. The van der Waals surface area contributed by atoms with Gasteiger partial charge in [-0.3, -0.25) is 0 Å². The van der Waals surface area contributed by atoms with E-state index < -0.39 is 0 Å². The first-order valence-electron chi connectivity index (χ1n) is 3.21. The molecule has 0 saturated heterocycles. The third-order valence-corrected chi connectivity index (χ3v) is 1.00. The van der Waals surface area contributed by atoms with Crippen molar-refractivity contribution in [1.29, 1.82) is 0 Å². The maximum Gasteiger partial charge on any atom is 0.0261 e. The van der Waals surface area contributed by atoms with E-state index in [-0.39, 0.29) is 0 Å². The normalized spacial score (nSPS) is 10.7. The molecule has 0 radical (unpaired) electrons. The minimum absolute atomic E-state index is 0.607. The zero-order valence-corrected chi connectivity index (χ0v) is 6.44. The highest BCUT2D eigenvalue weighted by atomic mass is 14.8. The lowest BCUT2D eigenvalue weighted by atomic mass is 10.2. The van der Waals surface area contributed by atoms with Crippen molar-refractivity contribution in [1.82, 2.24) is 5.32 Å². The van der Waals surface area contributed by atoms with Gasteiger partial charge in [-0.1, -0.05) is 26.5 Å². The molecule has 9 heavy (non-hydrogen) atoms. The topological polar surface area (TPSA) is 12.0 Å². The molecule has 0 atom stereocenters. The van der Waals surface area contributed by atoms with Crippen LogP contribution in [0.15, 0.2) is 24.4 Å². The van der Waals surface area contributed by atoms with Gasteiger partial charge in [-0.05, 0) is 12.0 Å². The third kappa shape index (κ3) is 5.15. The summed E-state index contributed by atoms with van der Waals surface area (Å²) in [5, 5.41) is 2.94. The van der Waals surface area contributed by atoms with Crippen LogP contribution in [0.3, 0.4) is 0 Å². The van der Waals surface area contributed by atoms with Gasteiger partial charge in [0, 0.05) is 12.7 Å². The van der Waals surface area contributed by atoms with Gasteiger partial charge in [-0.15, -0.1) is 0 Å². The Morgan fingerprint density at radius 2 is 2.11 bits per heavy atom. The van der Waals surface area contributed by atoms with Crippen molar-refractivity contribution >= 4 is 0 Å². The summed E-state index contributed by atoms with van der Waals surface area (Å²) in [5.74, 6) is 0.607. The van der Waals surface area contributed by atoms with E-state index in [2.05, 4.69) is 31.8 Å². The van der Waals surface area contributed by atoms with E-state index in [1.807, 2.05) is 13.1 Å². The molecular formula is C8H15N. The molecule has 0 heterocycles. The lowest BCUT2D eigenvalue weighted by molar-refractivity contribution is 0.828. The Bertz CT molecular complexity index is 112. The first-order valence-corrected chi connectivity index (χ1v) is 3.21. The molecule has 0 aliphatic carbocycles. The summed E-state index contributed by atoms with van der Waals surface area (Å²) in [5.41, 5.74) is 0.962. The fraction of sp³-hybridized carbons (Fsp3) is 0.500. The first-order chi connectivity index (χ1) is 4.16. The number of nitrogens with one attached hydrogen (secondary N) is 1. The van der Waals surface area contributed by atoms with Gasteiger partial charge < -0.3 is 5.32 Å². The molecule has 1 heteroatoms. The van der Waals surface area contributed by atoms with Crippen LogP contribution in [0.25, 0.3) is 0 Å². The SMILES string of the molecule is C=C(/C=C\C(C)C)NC. The monoisotopic (exact) mass is 125 g/mol. The summed E-state index contributed by atoms with van der Waals surface area (Å²) in [6.45, 7) is 8.02. The average molecular weight is 125 g/mol. The number of hydrogen-bond donors (Lipinski definition) is 1. The highest BCUT2D eigenvalue weighted by Crippen LogP contribution is 1.95. The second-order valence-electron chi connectivity index (χ2n) is 2.38. The van der Waals surface area contributed by atoms with Gasteiger partial charge in [0.15, 0.2) is 0 Å². The van der Waals surface area contributed by atoms with E-state index >= 15 is 0 Å². The molecule has 52 valence electrons. The van der Waals surface area contributed by atoms with Crippen LogP contribution in [0, 0.1) is 5.92 Å². The largest absolute Gasteiger partial charge is 0.389 e. The van der Waals surface area contributed by atoms with E-state index in [0.29, 0.717) is 5.92 Å². The molecule has 0 bridgehead atoms. The molecule has 0 spiro atoms. The molecule has 0 amide bonds. The molecule has 0 aromatic heterocycles. The average Bonchev–Trinajstić information content (AvgIpc) is 1.83. The van der Waals surface area contributed by atoms with Gasteiger partial charge in [0.25, 0.3) is 0 Å². The maximum absolute atomic E-state index is 3.75. The van der Waals surface area contributed by atoms with Gasteiger partial charge in [0.2, 0.25) is 0 Å². The predicted octanol–water partition coefficient (Wildman–Crippen LogP) is 1.93. The Balaban J connectivity index is 3.57. The van der Waals surface area contributed by atoms with Gasteiger partial charge in [-0.2, -0.15) is 0 Å². The van der Waals surface area contributed by atoms with E-state index in [4.69, 9.17) is 0 Å². The number of allylic oxidation sites excluding steroid dienone is 2. The quantitative estimate of drug-likeness (QED) is 0.568. The van der Waals surface area contributed by atoms with Crippen molar-refractivity contribution < 1.29 is 0 Å². The molecule has 0 aliphatic heterocycles. The molecule has 1 N–H and O–H groups in total. The van der Waals surface area contributed by atoms with Crippen LogP contribution in [0.5, 0.6) is 0 Å². The number of hydrogen-bond acceptors (Lipinski definition) is 1. The zero-order chi connectivity index (χ0) is 7.28. The Hall–Kier alpha value is -0.720. The molecular weight excluding hydrogens is 110 g/mol. The minimum Gasteiger partial charge on any atom is -0.389 e. The van der Waals surface area contributed by atoms with E-state index in [1.54, 1.807) is 0 Å². The van der Waals surface area contributed by atoms with E-state index in [9.17, 15) is 0 Å². The molecule has 0 rings (SSSR count). The molecule has 1 nitrogen and oxygen atoms in total. The molecule has 0 aromatic carbocycles. The van der Waals surface area contributed by atoms with Crippen LogP contribution in [0.2, 0.25) is 0 Å². The number of likely N-dealkylation sites (N-methyl/N-ethyl adjacent to an activating group) is 1. The molecule has 0 unspecified atom stereocenters. The van der Waals surface area contributed by atoms with Gasteiger partial charge >= 0.3 is 0 Å². The van der Waals surface area contributed by atoms with Crippen molar-refractivity contribution in [3.63, 3.8) is 0 Å². The van der Waals surface area contributed by atoms with E-state index in [1.165, 1.54) is 0 Å². The van der Waals surface area contributed by atoms with Crippen molar-refractivity contribution in [3.8, 4) is 0 Å². The third-order valence-electron chi connectivity index (χ3n) is 1.00. The summed E-state index contributed by atoms with van der Waals surface area (Å²) in [6, 6.07) is 0. The summed E-state index contributed by atoms with van der Waals surface area (Å²) in [6.07, 6.45) is 4.10. The van der Waals surface area contributed by atoms with Crippen LogP contribution in [0.1, 0.15) is 13.8 Å². The van der Waals surface area contributed by atoms with Crippen LogP contribution < -0.4 is 5.32 Å². The maximum atomic E-state index is 3.75. The Kier molecular flexibility index (Phi) is 3.85. The highest BCUT2D eigenvalue weighted by molar-refractivity contribution is 5.11. The summed E-state index contributed by atoms with van der Waals surface area (Å²) >= 11 is 0. The molecule has 0 fully saturated rings. The second kappa shape index (κ2) is 4.19. The lowest BCUT2D eigenvalue weighted by Gasteiger charge is -1.96. The Labute approximate surface area is 57.5 Å². The fourth-order valence-corrected chi connectivity index (χ4v) is 0.392. The fourth-order valence-electron chi connectivity index (χ4n) is 0.392. The van der Waals surface area contributed by atoms with Crippen LogP contribution >= 0.6 is 0 Å².